The SMILES string of the molecule is CC(O)(CC(=O)N1CCOC2(CCC2)C1)c1ccccc1. The summed E-state index contributed by atoms with van der Waals surface area (Å²) < 4.78 is 5.84. The topological polar surface area (TPSA) is 49.8 Å². The molecule has 1 heterocycles. The Morgan fingerprint density at radius 2 is 2.10 bits per heavy atom. The monoisotopic (exact) mass is 289 g/mol. The van der Waals surface area contributed by atoms with Crippen molar-refractivity contribution in [3.05, 3.63) is 35.9 Å². The van der Waals surface area contributed by atoms with E-state index in [0.29, 0.717) is 19.7 Å². The van der Waals surface area contributed by atoms with E-state index >= 15 is 0 Å². The maximum Gasteiger partial charge on any atom is 0.225 e. The van der Waals surface area contributed by atoms with Gasteiger partial charge in [-0.15, -0.1) is 0 Å². The summed E-state index contributed by atoms with van der Waals surface area (Å²) in [5, 5.41) is 10.6. The van der Waals surface area contributed by atoms with E-state index < -0.39 is 5.60 Å². The zero-order valence-corrected chi connectivity index (χ0v) is 12.5. The number of nitrogens with zero attached hydrogens (tertiary/aromatic N) is 1. The van der Waals surface area contributed by atoms with Crippen LogP contribution in [0.15, 0.2) is 30.3 Å². The van der Waals surface area contributed by atoms with Gasteiger partial charge in [0.05, 0.1) is 24.2 Å². The lowest BCUT2D eigenvalue weighted by Gasteiger charge is -2.48. The largest absolute Gasteiger partial charge is 0.385 e. The number of hydrogen-bond acceptors (Lipinski definition) is 3. The van der Waals surface area contributed by atoms with Gasteiger partial charge >= 0.3 is 0 Å². The minimum Gasteiger partial charge on any atom is -0.385 e. The fraction of sp³-hybridized carbons (Fsp3) is 0.588. The van der Waals surface area contributed by atoms with Crippen molar-refractivity contribution in [2.45, 2.75) is 43.8 Å². The number of benzene rings is 1. The molecule has 0 aromatic heterocycles. The molecule has 0 radical (unpaired) electrons. The van der Waals surface area contributed by atoms with Crippen molar-refractivity contribution in [1.82, 2.24) is 4.90 Å². The second-order valence-corrected chi connectivity index (χ2v) is 6.52. The van der Waals surface area contributed by atoms with E-state index in [0.717, 1.165) is 18.4 Å². The Morgan fingerprint density at radius 1 is 1.38 bits per heavy atom. The molecule has 1 atom stereocenters. The van der Waals surface area contributed by atoms with Crippen LogP contribution in [0, 0.1) is 0 Å². The van der Waals surface area contributed by atoms with E-state index in [1.165, 1.54) is 6.42 Å². The maximum atomic E-state index is 12.5. The molecule has 1 N–H and O–H groups in total. The van der Waals surface area contributed by atoms with E-state index in [1.807, 2.05) is 35.2 Å². The Morgan fingerprint density at radius 3 is 2.71 bits per heavy atom. The third kappa shape index (κ3) is 2.97. The average molecular weight is 289 g/mol. The van der Waals surface area contributed by atoms with Crippen molar-refractivity contribution in [2.75, 3.05) is 19.7 Å². The number of morpholine rings is 1. The van der Waals surface area contributed by atoms with Crippen LogP contribution in [0.25, 0.3) is 0 Å². The first-order valence-electron chi connectivity index (χ1n) is 7.71. The Labute approximate surface area is 125 Å². The number of rotatable bonds is 3. The molecule has 1 aliphatic heterocycles. The molecule has 1 aromatic rings. The van der Waals surface area contributed by atoms with Crippen molar-refractivity contribution in [3.63, 3.8) is 0 Å². The van der Waals surface area contributed by atoms with Gasteiger partial charge in [0.1, 0.15) is 0 Å². The Bertz CT molecular complexity index is 508. The lowest BCUT2D eigenvalue weighted by Crippen LogP contribution is -2.57. The smallest absolute Gasteiger partial charge is 0.225 e. The van der Waals surface area contributed by atoms with Crippen LogP contribution >= 0.6 is 0 Å². The number of hydrogen-bond donors (Lipinski definition) is 1. The first-order valence-corrected chi connectivity index (χ1v) is 7.71. The number of carbonyl (C=O) groups excluding carboxylic acids is 1. The third-order valence-electron chi connectivity index (χ3n) is 4.76. The quantitative estimate of drug-likeness (QED) is 0.926. The van der Waals surface area contributed by atoms with Gasteiger partial charge in [0.2, 0.25) is 5.91 Å². The molecule has 1 unspecified atom stereocenters. The second kappa shape index (κ2) is 5.43. The first-order chi connectivity index (χ1) is 10.0. The van der Waals surface area contributed by atoms with Crippen LogP contribution in [-0.4, -0.2) is 41.2 Å². The normalized spacial score (nSPS) is 23.4. The van der Waals surface area contributed by atoms with Gasteiger partial charge in [0.15, 0.2) is 0 Å². The van der Waals surface area contributed by atoms with Gasteiger partial charge in [-0.25, -0.2) is 0 Å². The predicted octanol–water partition coefficient (Wildman–Crippen LogP) is 2.07. The minimum absolute atomic E-state index is 0.0124. The molecule has 4 nitrogen and oxygen atoms in total. The molecule has 1 aromatic carbocycles. The van der Waals surface area contributed by atoms with Crippen molar-refractivity contribution in [3.8, 4) is 0 Å². The molecule has 2 aliphatic rings. The molecule has 4 heteroatoms. The molecule has 1 spiro atoms. The molecular formula is C17H23NO3. The van der Waals surface area contributed by atoms with Gasteiger partial charge in [-0.3, -0.25) is 4.79 Å². The molecular weight excluding hydrogens is 266 g/mol. The lowest BCUT2D eigenvalue weighted by atomic mass is 9.78. The second-order valence-electron chi connectivity index (χ2n) is 6.52. The summed E-state index contributed by atoms with van der Waals surface area (Å²) >= 11 is 0. The zero-order valence-electron chi connectivity index (χ0n) is 12.5. The summed E-state index contributed by atoms with van der Waals surface area (Å²) in [7, 11) is 0. The highest BCUT2D eigenvalue weighted by atomic mass is 16.5. The summed E-state index contributed by atoms with van der Waals surface area (Å²) in [5.74, 6) is 0.0124. The molecule has 21 heavy (non-hydrogen) atoms. The first kappa shape index (κ1) is 14.5. The van der Waals surface area contributed by atoms with Crippen LogP contribution in [0.3, 0.4) is 0 Å². The van der Waals surface area contributed by atoms with Crippen LogP contribution < -0.4 is 0 Å². The summed E-state index contributed by atoms with van der Waals surface area (Å²) in [5.41, 5.74) is -0.430. The summed E-state index contributed by atoms with van der Waals surface area (Å²) in [6.07, 6.45) is 3.40. The molecule has 1 aliphatic carbocycles. The number of amides is 1. The Balaban J connectivity index is 1.65. The maximum absolute atomic E-state index is 12.5. The summed E-state index contributed by atoms with van der Waals surface area (Å²) in [6.45, 7) is 3.63. The number of ether oxygens (including phenoxy) is 1. The van der Waals surface area contributed by atoms with Crippen LogP contribution in [0.5, 0.6) is 0 Å². The van der Waals surface area contributed by atoms with Crippen molar-refractivity contribution in [2.24, 2.45) is 0 Å². The Hall–Kier alpha value is -1.39. The van der Waals surface area contributed by atoms with Gasteiger partial charge in [-0.2, -0.15) is 0 Å². The van der Waals surface area contributed by atoms with Gasteiger partial charge in [-0.05, 0) is 31.7 Å². The van der Waals surface area contributed by atoms with Gasteiger partial charge < -0.3 is 14.7 Å². The van der Waals surface area contributed by atoms with Crippen molar-refractivity contribution in [1.29, 1.82) is 0 Å². The summed E-state index contributed by atoms with van der Waals surface area (Å²) in [6, 6.07) is 9.39. The van der Waals surface area contributed by atoms with Crippen molar-refractivity contribution < 1.29 is 14.6 Å². The van der Waals surface area contributed by atoms with Crippen LogP contribution in [0.1, 0.15) is 38.2 Å². The molecule has 0 bridgehead atoms. The molecule has 114 valence electrons. The fourth-order valence-electron chi connectivity index (χ4n) is 3.24. The third-order valence-corrected chi connectivity index (χ3v) is 4.76. The highest BCUT2D eigenvalue weighted by Crippen LogP contribution is 2.38. The summed E-state index contributed by atoms with van der Waals surface area (Å²) in [4.78, 5) is 14.4. The minimum atomic E-state index is -1.12. The molecule has 1 saturated heterocycles. The number of carbonyl (C=O) groups is 1. The van der Waals surface area contributed by atoms with Crippen LogP contribution in [0.4, 0.5) is 0 Å². The highest BCUT2D eigenvalue weighted by Gasteiger charge is 2.43. The lowest BCUT2D eigenvalue weighted by molar-refractivity contribution is -0.170. The fourth-order valence-corrected chi connectivity index (χ4v) is 3.24. The standard InChI is InChI=1S/C17H23NO3/c1-16(20,14-6-3-2-4-7-14)12-15(19)18-10-11-21-17(13-18)8-5-9-17/h2-4,6-7,20H,5,8-13H2,1H3. The van der Waals surface area contributed by atoms with E-state index in [-0.39, 0.29) is 17.9 Å². The molecule has 1 amide bonds. The van der Waals surface area contributed by atoms with Crippen molar-refractivity contribution >= 4 is 5.91 Å². The van der Waals surface area contributed by atoms with E-state index in [4.69, 9.17) is 4.74 Å². The predicted molar refractivity (Wildman–Crippen MR) is 79.7 cm³/mol. The van der Waals surface area contributed by atoms with Crippen LogP contribution in [0.2, 0.25) is 0 Å². The molecule has 2 fully saturated rings. The number of aliphatic hydroxyl groups is 1. The average Bonchev–Trinajstić information content (AvgIpc) is 2.46. The van der Waals surface area contributed by atoms with Gasteiger partial charge in [-0.1, -0.05) is 30.3 Å². The highest BCUT2D eigenvalue weighted by molar-refractivity contribution is 5.77. The van der Waals surface area contributed by atoms with Gasteiger partial charge in [0, 0.05) is 13.1 Å². The molecule has 3 rings (SSSR count). The van der Waals surface area contributed by atoms with Crippen LogP contribution in [-0.2, 0) is 15.1 Å². The zero-order chi connectivity index (χ0) is 14.9. The van der Waals surface area contributed by atoms with E-state index in [1.54, 1.807) is 6.92 Å². The van der Waals surface area contributed by atoms with Gasteiger partial charge in [0.25, 0.3) is 0 Å². The molecule has 1 saturated carbocycles. The van der Waals surface area contributed by atoms with E-state index in [9.17, 15) is 9.90 Å². The van der Waals surface area contributed by atoms with E-state index in [2.05, 4.69) is 0 Å². The Kier molecular flexibility index (Phi) is 3.76.